The summed E-state index contributed by atoms with van der Waals surface area (Å²) < 4.78 is 0. The summed E-state index contributed by atoms with van der Waals surface area (Å²) in [5.74, 6) is -1.46. The SMILES string of the molecule is CCCCCC(=O)CC(=O)Nc1ccc(C(=O)O)cc1. The average molecular weight is 277 g/mol. The van der Waals surface area contributed by atoms with Crippen molar-refractivity contribution in [3.8, 4) is 0 Å². The molecule has 1 rings (SSSR count). The maximum absolute atomic E-state index is 11.6. The lowest BCUT2D eigenvalue weighted by Gasteiger charge is -2.05. The lowest BCUT2D eigenvalue weighted by atomic mass is 10.1. The van der Waals surface area contributed by atoms with Gasteiger partial charge in [0.1, 0.15) is 5.78 Å². The molecule has 0 saturated heterocycles. The first kappa shape index (κ1) is 15.9. The van der Waals surface area contributed by atoms with E-state index in [4.69, 9.17) is 5.11 Å². The van der Waals surface area contributed by atoms with Crippen molar-refractivity contribution in [2.75, 3.05) is 5.32 Å². The number of benzene rings is 1. The highest BCUT2D eigenvalue weighted by atomic mass is 16.4. The zero-order chi connectivity index (χ0) is 15.0. The van der Waals surface area contributed by atoms with Crippen molar-refractivity contribution in [1.82, 2.24) is 0 Å². The van der Waals surface area contributed by atoms with Crippen LogP contribution >= 0.6 is 0 Å². The molecule has 0 aliphatic carbocycles. The molecule has 20 heavy (non-hydrogen) atoms. The van der Waals surface area contributed by atoms with Crippen LogP contribution in [0.5, 0.6) is 0 Å². The Hall–Kier alpha value is -2.17. The van der Waals surface area contributed by atoms with E-state index in [0.717, 1.165) is 19.3 Å². The molecule has 5 nitrogen and oxygen atoms in total. The van der Waals surface area contributed by atoms with Gasteiger partial charge in [-0.1, -0.05) is 19.8 Å². The maximum Gasteiger partial charge on any atom is 0.335 e. The van der Waals surface area contributed by atoms with Crippen LogP contribution in [0.3, 0.4) is 0 Å². The molecule has 0 radical (unpaired) electrons. The first-order valence-electron chi connectivity index (χ1n) is 6.68. The van der Waals surface area contributed by atoms with Crippen molar-refractivity contribution in [2.24, 2.45) is 0 Å². The zero-order valence-electron chi connectivity index (χ0n) is 11.5. The molecule has 1 aromatic carbocycles. The van der Waals surface area contributed by atoms with E-state index in [-0.39, 0.29) is 23.7 Å². The number of carbonyl (C=O) groups excluding carboxylic acids is 2. The standard InChI is InChI=1S/C15H19NO4/c1-2-3-4-5-13(17)10-14(18)16-12-8-6-11(7-9-12)15(19)20/h6-9H,2-5,10H2,1H3,(H,16,18)(H,19,20). The van der Waals surface area contributed by atoms with Gasteiger partial charge in [-0.25, -0.2) is 4.79 Å². The van der Waals surface area contributed by atoms with Crippen LogP contribution in [0.2, 0.25) is 0 Å². The molecule has 0 atom stereocenters. The minimum atomic E-state index is -1.02. The number of hydrogen-bond acceptors (Lipinski definition) is 3. The third-order valence-corrected chi connectivity index (χ3v) is 2.83. The van der Waals surface area contributed by atoms with Crippen molar-refractivity contribution in [3.05, 3.63) is 29.8 Å². The van der Waals surface area contributed by atoms with Crippen LogP contribution in [0.4, 0.5) is 5.69 Å². The Bertz CT molecular complexity index is 479. The second-order valence-corrected chi connectivity index (χ2v) is 4.60. The molecule has 0 bridgehead atoms. The van der Waals surface area contributed by atoms with Crippen LogP contribution in [0.25, 0.3) is 0 Å². The number of anilines is 1. The van der Waals surface area contributed by atoms with Gasteiger partial charge >= 0.3 is 5.97 Å². The number of hydrogen-bond donors (Lipinski definition) is 2. The van der Waals surface area contributed by atoms with Crippen molar-refractivity contribution in [2.45, 2.75) is 39.0 Å². The summed E-state index contributed by atoms with van der Waals surface area (Å²) in [6.07, 6.45) is 3.14. The number of rotatable bonds is 8. The lowest BCUT2D eigenvalue weighted by molar-refractivity contribution is -0.125. The van der Waals surface area contributed by atoms with Gasteiger partial charge in [0.05, 0.1) is 12.0 Å². The van der Waals surface area contributed by atoms with Gasteiger partial charge in [-0.2, -0.15) is 0 Å². The van der Waals surface area contributed by atoms with Crippen molar-refractivity contribution >= 4 is 23.3 Å². The third-order valence-electron chi connectivity index (χ3n) is 2.83. The molecule has 1 aromatic rings. The van der Waals surface area contributed by atoms with Crippen LogP contribution in [0, 0.1) is 0 Å². The van der Waals surface area contributed by atoms with E-state index in [1.54, 1.807) is 0 Å². The Morgan fingerprint density at radius 3 is 2.30 bits per heavy atom. The van der Waals surface area contributed by atoms with Crippen LogP contribution < -0.4 is 5.32 Å². The third kappa shape index (κ3) is 5.65. The summed E-state index contributed by atoms with van der Waals surface area (Å²) in [5.41, 5.74) is 0.639. The molecule has 0 unspecified atom stereocenters. The molecule has 0 aromatic heterocycles. The van der Waals surface area contributed by atoms with Crippen molar-refractivity contribution in [1.29, 1.82) is 0 Å². The molecule has 108 valence electrons. The van der Waals surface area contributed by atoms with Crippen LogP contribution in [-0.4, -0.2) is 22.8 Å². The molecule has 0 aliphatic heterocycles. The van der Waals surface area contributed by atoms with E-state index in [0.29, 0.717) is 12.1 Å². The first-order chi connectivity index (χ1) is 9.52. The molecular weight excluding hydrogens is 258 g/mol. The van der Waals surface area contributed by atoms with Gasteiger partial charge in [-0.05, 0) is 30.7 Å². The van der Waals surface area contributed by atoms with Gasteiger partial charge < -0.3 is 10.4 Å². The number of unbranched alkanes of at least 4 members (excludes halogenated alkanes) is 2. The Morgan fingerprint density at radius 2 is 1.75 bits per heavy atom. The molecule has 0 aliphatic rings. The summed E-state index contributed by atoms with van der Waals surface area (Å²) in [6, 6.07) is 5.81. The van der Waals surface area contributed by atoms with E-state index >= 15 is 0 Å². The maximum atomic E-state index is 11.6. The summed E-state index contributed by atoms with van der Waals surface area (Å²) in [4.78, 5) is 33.8. The Labute approximate surface area is 118 Å². The molecular formula is C15H19NO4. The highest BCUT2D eigenvalue weighted by Crippen LogP contribution is 2.10. The van der Waals surface area contributed by atoms with Crippen LogP contribution in [0.1, 0.15) is 49.4 Å². The Morgan fingerprint density at radius 1 is 1.10 bits per heavy atom. The van der Waals surface area contributed by atoms with Crippen LogP contribution in [-0.2, 0) is 9.59 Å². The number of aromatic carboxylic acids is 1. The molecule has 5 heteroatoms. The average Bonchev–Trinajstić information content (AvgIpc) is 2.39. The highest BCUT2D eigenvalue weighted by molar-refractivity contribution is 6.04. The molecule has 0 heterocycles. The number of amides is 1. The number of carboxylic acids is 1. The minimum Gasteiger partial charge on any atom is -0.478 e. The van der Waals surface area contributed by atoms with E-state index < -0.39 is 5.97 Å². The predicted molar refractivity (Wildman–Crippen MR) is 75.8 cm³/mol. The summed E-state index contributed by atoms with van der Waals surface area (Å²) in [5, 5.41) is 11.3. The predicted octanol–water partition coefficient (Wildman–Crippen LogP) is 2.86. The Kier molecular flexibility index (Phi) is 6.43. The number of nitrogens with one attached hydrogen (secondary N) is 1. The van der Waals surface area contributed by atoms with Gasteiger partial charge in [0.2, 0.25) is 5.91 Å². The second kappa shape index (κ2) is 8.09. The summed E-state index contributed by atoms with van der Waals surface area (Å²) in [6.45, 7) is 2.05. The molecule has 0 fully saturated rings. The zero-order valence-corrected chi connectivity index (χ0v) is 11.5. The first-order valence-corrected chi connectivity index (χ1v) is 6.68. The largest absolute Gasteiger partial charge is 0.478 e. The fourth-order valence-corrected chi connectivity index (χ4v) is 1.74. The van der Waals surface area contributed by atoms with Crippen molar-refractivity contribution in [3.63, 3.8) is 0 Å². The van der Waals surface area contributed by atoms with Gasteiger partial charge in [0.15, 0.2) is 0 Å². The molecule has 0 saturated carbocycles. The van der Waals surface area contributed by atoms with E-state index in [1.807, 2.05) is 0 Å². The fourth-order valence-electron chi connectivity index (χ4n) is 1.74. The monoisotopic (exact) mass is 277 g/mol. The van der Waals surface area contributed by atoms with E-state index in [2.05, 4.69) is 12.2 Å². The topological polar surface area (TPSA) is 83.5 Å². The summed E-state index contributed by atoms with van der Waals surface area (Å²) in [7, 11) is 0. The smallest absolute Gasteiger partial charge is 0.335 e. The number of ketones is 1. The number of carbonyl (C=O) groups is 3. The van der Waals surface area contributed by atoms with Crippen LogP contribution in [0.15, 0.2) is 24.3 Å². The molecule has 2 N–H and O–H groups in total. The van der Waals surface area contributed by atoms with E-state index in [9.17, 15) is 14.4 Å². The molecule has 1 amide bonds. The minimum absolute atomic E-state index is 0.0712. The molecule has 0 spiro atoms. The van der Waals surface area contributed by atoms with Gasteiger partial charge in [-0.3, -0.25) is 9.59 Å². The quantitative estimate of drug-likeness (QED) is 0.565. The van der Waals surface area contributed by atoms with E-state index in [1.165, 1.54) is 24.3 Å². The second-order valence-electron chi connectivity index (χ2n) is 4.60. The van der Waals surface area contributed by atoms with Crippen molar-refractivity contribution < 1.29 is 19.5 Å². The number of Topliss-reactive ketones (excluding diaryl/α,β-unsaturated/α-hetero) is 1. The van der Waals surface area contributed by atoms with Gasteiger partial charge in [0, 0.05) is 12.1 Å². The summed E-state index contributed by atoms with van der Waals surface area (Å²) >= 11 is 0. The number of carboxylic acid groups (broad SMARTS) is 1. The normalized spacial score (nSPS) is 10.1. The van der Waals surface area contributed by atoms with Gasteiger partial charge in [-0.15, -0.1) is 0 Å². The highest BCUT2D eigenvalue weighted by Gasteiger charge is 2.10. The Balaban J connectivity index is 2.42. The fraction of sp³-hybridized carbons (Fsp3) is 0.400. The van der Waals surface area contributed by atoms with Gasteiger partial charge in [0.25, 0.3) is 0 Å². The lowest BCUT2D eigenvalue weighted by Crippen LogP contribution is -2.16.